The highest BCUT2D eigenvalue weighted by Gasteiger charge is 2.11. The summed E-state index contributed by atoms with van der Waals surface area (Å²) in [6.45, 7) is 0. The molecule has 0 aromatic carbocycles. The van der Waals surface area contributed by atoms with Crippen molar-refractivity contribution < 1.29 is 10.2 Å². The lowest BCUT2D eigenvalue weighted by Crippen LogP contribution is -2.38. The summed E-state index contributed by atoms with van der Waals surface area (Å²) in [5.74, 6) is -1.25. The summed E-state index contributed by atoms with van der Waals surface area (Å²) < 4.78 is 1.36. The Morgan fingerprint density at radius 2 is 1.17 bits per heavy atom. The van der Waals surface area contributed by atoms with Crippen molar-refractivity contribution in [2.75, 3.05) is 0 Å². The minimum Gasteiger partial charge on any atom is -0.491 e. The van der Waals surface area contributed by atoms with E-state index in [4.69, 9.17) is 10.2 Å². The third-order valence-electron chi connectivity index (χ3n) is 1.63. The smallest absolute Gasteiger partial charge is 0.319 e. The molecule has 0 unspecified atom stereocenters. The van der Waals surface area contributed by atoms with Crippen molar-refractivity contribution in [2.24, 2.45) is 14.1 Å². The highest BCUT2D eigenvalue weighted by molar-refractivity contribution is 5.23. The van der Waals surface area contributed by atoms with E-state index in [2.05, 4.69) is 0 Å². The second-order valence-corrected chi connectivity index (χ2v) is 2.38. The van der Waals surface area contributed by atoms with E-state index in [-0.39, 0.29) is 0 Å². The third-order valence-corrected chi connectivity index (χ3v) is 1.63. The molecule has 1 aromatic heterocycles. The molecule has 0 radical (unpaired) electrons. The number of aromatic hydroxyl groups is 2. The van der Waals surface area contributed by atoms with Crippen molar-refractivity contribution in [3.63, 3.8) is 0 Å². The molecule has 1 aromatic rings. The molecule has 12 heavy (non-hydrogen) atoms. The summed E-state index contributed by atoms with van der Waals surface area (Å²) in [7, 11) is 2.39. The van der Waals surface area contributed by atoms with Gasteiger partial charge < -0.3 is 10.2 Å². The van der Waals surface area contributed by atoms with Crippen molar-refractivity contribution in [3.8, 4) is 11.8 Å². The predicted molar refractivity (Wildman–Crippen MR) is 40.3 cm³/mol. The van der Waals surface area contributed by atoms with E-state index < -0.39 is 22.9 Å². The summed E-state index contributed by atoms with van der Waals surface area (Å²) in [6.07, 6.45) is 0. The molecule has 66 valence electrons. The van der Waals surface area contributed by atoms with Crippen molar-refractivity contribution in [1.29, 1.82) is 0 Å². The fourth-order valence-electron chi connectivity index (χ4n) is 0.779. The highest BCUT2D eigenvalue weighted by Crippen LogP contribution is 2.16. The van der Waals surface area contributed by atoms with E-state index in [9.17, 15) is 9.59 Å². The Balaban J connectivity index is 3.86. The Morgan fingerprint density at radius 1 is 0.917 bits per heavy atom. The van der Waals surface area contributed by atoms with Gasteiger partial charge in [0.15, 0.2) is 0 Å². The minimum atomic E-state index is -0.882. The first-order valence-electron chi connectivity index (χ1n) is 3.14. The molecule has 0 saturated heterocycles. The zero-order chi connectivity index (χ0) is 9.46. The predicted octanol–water partition coefficient (Wildman–Crippen LogP) is -1.50. The van der Waals surface area contributed by atoms with Gasteiger partial charge in [0, 0.05) is 14.1 Å². The third kappa shape index (κ3) is 0.884. The molecular formula is C6H8N2O4. The molecule has 0 spiro atoms. The van der Waals surface area contributed by atoms with Gasteiger partial charge in [-0.15, -0.1) is 0 Å². The van der Waals surface area contributed by atoms with E-state index in [0.29, 0.717) is 9.13 Å². The first kappa shape index (κ1) is 8.38. The molecule has 0 aliphatic rings. The summed E-state index contributed by atoms with van der Waals surface area (Å²) in [5, 5.41) is 18.1. The van der Waals surface area contributed by atoms with Gasteiger partial charge in [0.1, 0.15) is 0 Å². The number of rotatable bonds is 0. The lowest BCUT2D eigenvalue weighted by atomic mass is 10.6. The molecule has 0 amide bonds. The molecular weight excluding hydrogens is 164 g/mol. The van der Waals surface area contributed by atoms with Crippen LogP contribution in [0.5, 0.6) is 11.8 Å². The zero-order valence-corrected chi connectivity index (χ0v) is 6.61. The van der Waals surface area contributed by atoms with Gasteiger partial charge in [0.25, 0.3) is 11.8 Å². The first-order chi connectivity index (χ1) is 5.46. The van der Waals surface area contributed by atoms with Gasteiger partial charge in [-0.1, -0.05) is 0 Å². The van der Waals surface area contributed by atoms with Crippen LogP contribution in [-0.4, -0.2) is 19.3 Å². The Labute approximate surface area is 66.9 Å². The van der Waals surface area contributed by atoms with Gasteiger partial charge in [-0.25, -0.2) is 0 Å². The van der Waals surface area contributed by atoms with Gasteiger partial charge >= 0.3 is 11.1 Å². The maximum Gasteiger partial charge on any atom is 0.319 e. The van der Waals surface area contributed by atoms with Crippen LogP contribution in [-0.2, 0) is 14.1 Å². The van der Waals surface area contributed by atoms with E-state index in [0.717, 1.165) is 0 Å². The van der Waals surface area contributed by atoms with Crippen LogP contribution in [0.2, 0.25) is 0 Å². The lowest BCUT2D eigenvalue weighted by Gasteiger charge is -2.05. The zero-order valence-electron chi connectivity index (χ0n) is 6.61. The lowest BCUT2D eigenvalue weighted by molar-refractivity contribution is 0.335. The molecule has 0 aliphatic heterocycles. The Kier molecular flexibility index (Phi) is 1.68. The number of nitrogens with zero attached hydrogens (tertiary/aromatic N) is 2. The molecule has 0 atom stereocenters. The summed E-state index contributed by atoms with van der Waals surface area (Å²) in [6, 6.07) is 0. The molecule has 0 fully saturated rings. The number of hydrogen-bond donors (Lipinski definition) is 2. The summed E-state index contributed by atoms with van der Waals surface area (Å²) in [4.78, 5) is 21.8. The highest BCUT2D eigenvalue weighted by atomic mass is 16.3. The first-order valence-corrected chi connectivity index (χ1v) is 3.14. The number of hydrogen-bond acceptors (Lipinski definition) is 4. The average molecular weight is 172 g/mol. The summed E-state index contributed by atoms with van der Waals surface area (Å²) in [5.41, 5.74) is -1.76. The topological polar surface area (TPSA) is 84.5 Å². The van der Waals surface area contributed by atoms with Crippen LogP contribution in [0.3, 0.4) is 0 Å². The van der Waals surface area contributed by atoms with Crippen molar-refractivity contribution in [1.82, 2.24) is 9.13 Å². The molecule has 0 saturated carbocycles. The second-order valence-electron chi connectivity index (χ2n) is 2.38. The fraction of sp³-hybridized carbons (Fsp3) is 0.333. The molecule has 0 bridgehead atoms. The van der Waals surface area contributed by atoms with Gasteiger partial charge in [0.2, 0.25) is 0 Å². The van der Waals surface area contributed by atoms with Gasteiger partial charge in [-0.05, 0) is 0 Å². The Morgan fingerprint density at radius 3 is 1.42 bits per heavy atom. The quantitative estimate of drug-likeness (QED) is 0.466. The summed E-state index contributed by atoms with van der Waals surface area (Å²) >= 11 is 0. The Bertz CT molecular complexity index is 387. The van der Waals surface area contributed by atoms with E-state index in [1.165, 1.54) is 14.1 Å². The van der Waals surface area contributed by atoms with Crippen molar-refractivity contribution >= 4 is 0 Å². The number of aromatic nitrogens is 2. The van der Waals surface area contributed by atoms with E-state index in [1.54, 1.807) is 0 Å². The van der Waals surface area contributed by atoms with Crippen LogP contribution < -0.4 is 11.1 Å². The molecule has 6 nitrogen and oxygen atoms in total. The monoisotopic (exact) mass is 172 g/mol. The van der Waals surface area contributed by atoms with Crippen LogP contribution in [0.25, 0.3) is 0 Å². The van der Waals surface area contributed by atoms with Crippen LogP contribution in [0.15, 0.2) is 9.59 Å². The SMILES string of the molecule is Cn1c(O)c(O)n(C)c(=O)c1=O. The normalized spacial score (nSPS) is 10.2. The molecule has 1 rings (SSSR count). The van der Waals surface area contributed by atoms with E-state index >= 15 is 0 Å². The Hall–Kier alpha value is -1.72. The van der Waals surface area contributed by atoms with Crippen molar-refractivity contribution in [3.05, 3.63) is 20.7 Å². The maximum atomic E-state index is 10.9. The minimum absolute atomic E-state index is 0.623. The standard InChI is InChI=1S/C6H8N2O4/c1-7-3(9)5(11)8(2)6(12)4(7)10/h9,11H,1-2H3. The van der Waals surface area contributed by atoms with E-state index in [1.807, 2.05) is 0 Å². The van der Waals surface area contributed by atoms with Gasteiger partial charge in [-0.3, -0.25) is 18.7 Å². The maximum absolute atomic E-state index is 10.9. The van der Waals surface area contributed by atoms with Crippen LogP contribution in [0, 0.1) is 0 Å². The molecule has 2 N–H and O–H groups in total. The second kappa shape index (κ2) is 2.40. The van der Waals surface area contributed by atoms with Gasteiger partial charge in [0.05, 0.1) is 0 Å². The van der Waals surface area contributed by atoms with Crippen molar-refractivity contribution in [2.45, 2.75) is 0 Å². The van der Waals surface area contributed by atoms with Crippen LogP contribution in [0.1, 0.15) is 0 Å². The molecule has 1 heterocycles. The fourth-order valence-corrected chi connectivity index (χ4v) is 0.779. The molecule has 6 heteroatoms. The van der Waals surface area contributed by atoms with Crippen LogP contribution in [0.4, 0.5) is 0 Å². The van der Waals surface area contributed by atoms with Gasteiger partial charge in [-0.2, -0.15) is 0 Å². The molecule has 0 aliphatic carbocycles. The largest absolute Gasteiger partial charge is 0.491 e. The average Bonchev–Trinajstić information content (AvgIpc) is 2.08. The van der Waals surface area contributed by atoms with Crippen LogP contribution >= 0.6 is 0 Å².